The van der Waals surface area contributed by atoms with Gasteiger partial charge in [0.25, 0.3) is 0 Å². The summed E-state index contributed by atoms with van der Waals surface area (Å²) in [6.45, 7) is 0.435. The van der Waals surface area contributed by atoms with Gasteiger partial charge in [0.1, 0.15) is 24.5 Å². The largest absolute Gasteiger partial charge is 0.487 e. The summed E-state index contributed by atoms with van der Waals surface area (Å²) in [5.74, 6) is 1.36. The zero-order chi connectivity index (χ0) is 18.6. The van der Waals surface area contributed by atoms with E-state index in [0.29, 0.717) is 17.4 Å². The molecular formula is C21H15BrClN3O. The van der Waals surface area contributed by atoms with Crippen molar-refractivity contribution in [2.24, 2.45) is 0 Å². The molecule has 27 heavy (non-hydrogen) atoms. The van der Waals surface area contributed by atoms with Crippen molar-refractivity contribution in [2.45, 2.75) is 6.61 Å². The van der Waals surface area contributed by atoms with E-state index in [1.165, 1.54) is 0 Å². The van der Waals surface area contributed by atoms with Crippen LogP contribution in [0.4, 0.5) is 11.5 Å². The first-order valence-corrected chi connectivity index (χ1v) is 9.50. The molecule has 0 bridgehead atoms. The van der Waals surface area contributed by atoms with Gasteiger partial charge < -0.3 is 10.1 Å². The molecule has 0 aliphatic heterocycles. The minimum absolute atomic E-state index is 0.435. The molecule has 0 amide bonds. The maximum atomic E-state index is 6.41. The molecule has 0 atom stereocenters. The van der Waals surface area contributed by atoms with E-state index in [9.17, 15) is 0 Å². The molecule has 0 aliphatic rings. The normalized spacial score (nSPS) is 10.7. The van der Waals surface area contributed by atoms with Crippen molar-refractivity contribution in [3.63, 3.8) is 0 Å². The number of benzene rings is 3. The second kappa shape index (κ2) is 7.94. The van der Waals surface area contributed by atoms with Crippen LogP contribution in [0.25, 0.3) is 10.9 Å². The van der Waals surface area contributed by atoms with Gasteiger partial charge in [0.05, 0.1) is 10.5 Å². The van der Waals surface area contributed by atoms with Crippen LogP contribution in [0.15, 0.2) is 77.5 Å². The van der Waals surface area contributed by atoms with Gasteiger partial charge in [0, 0.05) is 21.1 Å². The molecule has 4 aromatic rings. The number of hydrogen-bond acceptors (Lipinski definition) is 4. The van der Waals surface area contributed by atoms with Gasteiger partial charge >= 0.3 is 0 Å². The lowest BCUT2D eigenvalue weighted by atomic mass is 10.2. The van der Waals surface area contributed by atoms with E-state index in [4.69, 9.17) is 16.3 Å². The standard InChI is InChI=1S/C21H15BrClN3O/c22-17-7-3-1-5-14(17)12-27-20-10-9-15(11-18(20)23)26-21-16-6-2-4-8-19(16)24-13-25-21/h1-11,13H,12H2,(H,24,25,26). The molecule has 0 aliphatic carbocycles. The minimum Gasteiger partial charge on any atom is -0.487 e. The van der Waals surface area contributed by atoms with Crippen LogP contribution < -0.4 is 10.1 Å². The Morgan fingerprint density at radius 1 is 0.963 bits per heavy atom. The second-order valence-electron chi connectivity index (χ2n) is 5.89. The molecule has 1 N–H and O–H groups in total. The summed E-state index contributed by atoms with van der Waals surface area (Å²) < 4.78 is 6.87. The fraction of sp³-hybridized carbons (Fsp3) is 0.0476. The number of fused-ring (bicyclic) bond motifs is 1. The summed E-state index contributed by atoms with van der Waals surface area (Å²) >= 11 is 9.93. The zero-order valence-electron chi connectivity index (χ0n) is 14.2. The first-order chi connectivity index (χ1) is 13.2. The second-order valence-corrected chi connectivity index (χ2v) is 7.15. The van der Waals surface area contributed by atoms with Gasteiger partial charge in [-0.3, -0.25) is 0 Å². The summed E-state index contributed by atoms with van der Waals surface area (Å²) in [5.41, 5.74) is 2.77. The van der Waals surface area contributed by atoms with E-state index in [0.717, 1.165) is 32.4 Å². The molecule has 3 aromatic carbocycles. The predicted octanol–water partition coefficient (Wildman–Crippen LogP) is 6.37. The lowest BCUT2D eigenvalue weighted by Crippen LogP contribution is -1.98. The van der Waals surface area contributed by atoms with Crippen LogP contribution in [-0.2, 0) is 6.61 Å². The van der Waals surface area contributed by atoms with E-state index in [1.54, 1.807) is 6.33 Å². The Kier molecular flexibility index (Phi) is 5.23. The number of para-hydroxylation sites is 1. The van der Waals surface area contributed by atoms with Gasteiger partial charge in [-0.05, 0) is 36.4 Å². The van der Waals surface area contributed by atoms with E-state index in [1.807, 2.05) is 66.7 Å². The Balaban J connectivity index is 1.52. The molecule has 0 fully saturated rings. The summed E-state index contributed by atoms with van der Waals surface area (Å²) in [5, 5.41) is 4.78. The summed E-state index contributed by atoms with van der Waals surface area (Å²) in [4.78, 5) is 8.61. The molecule has 4 rings (SSSR count). The monoisotopic (exact) mass is 439 g/mol. The number of rotatable bonds is 5. The molecule has 6 heteroatoms. The highest BCUT2D eigenvalue weighted by Crippen LogP contribution is 2.31. The fourth-order valence-corrected chi connectivity index (χ4v) is 3.34. The first kappa shape index (κ1) is 17.8. The molecular weight excluding hydrogens is 426 g/mol. The first-order valence-electron chi connectivity index (χ1n) is 8.33. The predicted molar refractivity (Wildman–Crippen MR) is 113 cm³/mol. The van der Waals surface area contributed by atoms with Crippen molar-refractivity contribution in [1.29, 1.82) is 0 Å². The highest BCUT2D eigenvalue weighted by molar-refractivity contribution is 9.10. The summed E-state index contributed by atoms with van der Waals surface area (Å²) in [6, 6.07) is 21.4. The van der Waals surface area contributed by atoms with Crippen molar-refractivity contribution in [2.75, 3.05) is 5.32 Å². The van der Waals surface area contributed by atoms with E-state index in [2.05, 4.69) is 31.2 Å². The van der Waals surface area contributed by atoms with Crippen molar-refractivity contribution in [3.8, 4) is 5.75 Å². The molecule has 1 aromatic heterocycles. The third kappa shape index (κ3) is 4.04. The van der Waals surface area contributed by atoms with Gasteiger partial charge in [-0.2, -0.15) is 0 Å². The molecule has 1 heterocycles. The van der Waals surface area contributed by atoms with Crippen LogP contribution in [0.2, 0.25) is 5.02 Å². The minimum atomic E-state index is 0.435. The van der Waals surface area contributed by atoms with Crippen LogP contribution in [0.3, 0.4) is 0 Å². The topological polar surface area (TPSA) is 47.0 Å². The van der Waals surface area contributed by atoms with Gasteiger partial charge in [-0.15, -0.1) is 0 Å². The molecule has 0 spiro atoms. The van der Waals surface area contributed by atoms with Gasteiger partial charge in [-0.1, -0.05) is 57.9 Å². The van der Waals surface area contributed by atoms with Crippen molar-refractivity contribution in [3.05, 3.63) is 88.1 Å². The molecule has 0 saturated carbocycles. The molecule has 0 saturated heterocycles. The van der Waals surface area contributed by atoms with Crippen molar-refractivity contribution < 1.29 is 4.74 Å². The maximum absolute atomic E-state index is 6.41. The summed E-state index contributed by atoms with van der Waals surface area (Å²) in [6.07, 6.45) is 1.54. The number of nitrogens with one attached hydrogen (secondary N) is 1. The Morgan fingerprint density at radius 3 is 2.63 bits per heavy atom. The number of halogens is 2. The zero-order valence-corrected chi connectivity index (χ0v) is 16.5. The van der Waals surface area contributed by atoms with E-state index in [-0.39, 0.29) is 0 Å². The highest BCUT2D eigenvalue weighted by atomic mass is 79.9. The van der Waals surface area contributed by atoms with Crippen molar-refractivity contribution >= 4 is 49.9 Å². The van der Waals surface area contributed by atoms with Gasteiger partial charge in [0.15, 0.2) is 0 Å². The summed E-state index contributed by atoms with van der Waals surface area (Å²) in [7, 11) is 0. The Labute approximate surface area is 170 Å². The van der Waals surface area contributed by atoms with Crippen LogP contribution >= 0.6 is 27.5 Å². The Bertz CT molecular complexity index is 1100. The number of ether oxygens (including phenoxy) is 1. The average molecular weight is 441 g/mol. The quantitative estimate of drug-likeness (QED) is 0.392. The SMILES string of the molecule is Clc1cc(Nc2ncnc3ccccc23)ccc1OCc1ccccc1Br. The van der Waals surface area contributed by atoms with Gasteiger partial charge in [-0.25, -0.2) is 9.97 Å². The van der Waals surface area contributed by atoms with Crippen LogP contribution in [0.1, 0.15) is 5.56 Å². The maximum Gasteiger partial charge on any atom is 0.141 e. The highest BCUT2D eigenvalue weighted by Gasteiger charge is 2.08. The van der Waals surface area contributed by atoms with Crippen LogP contribution in [0, 0.1) is 0 Å². The lowest BCUT2D eigenvalue weighted by Gasteiger charge is -2.12. The lowest BCUT2D eigenvalue weighted by molar-refractivity contribution is 0.305. The van der Waals surface area contributed by atoms with Gasteiger partial charge in [0.2, 0.25) is 0 Å². The molecule has 0 radical (unpaired) electrons. The van der Waals surface area contributed by atoms with E-state index >= 15 is 0 Å². The molecule has 134 valence electrons. The van der Waals surface area contributed by atoms with Crippen LogP contribution in [-0.4, -0.2) is 9.97 Å². The van der Waals surface area contributed by atoms with Crippen LogP contribution in [0.5, 0.6) is 5.75 Å². The third-order valence-electron chi connectivity index (χ3n) is 4.08. The fourth-order valence-electron chi connectivity index (χ4n) is 2.71. The smallest absolute Gasteiger partial charge is 0.141 e. The third-order valence-corrected chi connectivity index (χ3v) is 5.15. The van der Waals surface area contributed by atoms with Crippen molar-refractivity contribution in [1.82, 2.24) is 9.97 Å². The molecule has 4 nitrogen and oxygen atoms in total. The number of aromatic nitrogens is 2. The Hall–Kier alpha value is -2.63. The Morgan fingerprint density at radius 2 is 1.78 bits per heavy atom. The van der Waals surface area contributed by atoms with E-state index < -0.39 is 0 Å². The number of nitrogens with zero attached hydrogens (tertiary/aromatic N) is 2. The number of hydrogen-bond donors (Lipinski definition) is 1. The number of anilines is 2. The average Bonchev–Trinajstić information content (AvgIpc) is 2.69. The molecule has 0 unspecified atom stereocenters.